The second-order valence-electron chi connectivity index (χ2n) is 7.95. The molecular formula is C24H24FNO5S. The fourth-order valence-electron chi connectivity index (χ4n) is 3.70. The molecule has 1 atom stereocenters. The number of sulfone groups is 1. The molecular weight excluding hydrogens is 433 g/mol. The van der Waals surface area contributed by atoms with Crippen molar-refractivity contribution in [3.63, 3.8) is 0 Å². The Labute approximate surface area is 186 Å². The average Bonchev–Trinajstić information content (AvgIpc) is 3.38. The van der Waals surface area contributed by atoms with Gasteiger partial charge in [-0.1, -0.05) is 17.7 Å². The van der Waals surface area contributed by atoms with Crippen molar-refractivity contribution in [1.29, 1.82) is 0 Å². The number of amides is 1. The van der Waals surface area contributed by atoms with Crippen LogP contribution >= 0.6 is 0 Å². The van der Waals surface area contributed by atoms with Crippen molar-refractivity contribution in [3.8, 4) is 17.1 Å². The lowest BCUT2D eigenvalue weighted by Crippen LogP contribution is -2.43. The van der Waals surface area contributed by atoms with Crippen LogP contribution in [0.1, 0.15) is 17.7 Å². The zero-order valence-electron chi connectivity index (χ0n) is 17.7. The van der Waals surface area contributed by atoms with Crippen molar-refractivity contribution in [2.24, 2.45) is 0 Å². The molecule has 6 nitrogen and oxygen atoms in total. The van der Waals surface area contributed by atoms with Gasteiger partial charge in [-0.25, -0.2) is 12.8 Å². The molecule has 2 heterocycles. The summed E-state index contributed by atoms with van der Waals surface area (Å²) in [5.41, 5.74) is 1.79. The summed E-state index contributed by atoms with van der Waals surface area (Å²) >= 11 is 0. The number of furan rings is 1. The second kappa shape index (κ2) is 9.16. The van der Waals surface area contributed by atoms with Crippen LogP contribution in [0.3, 0.4) is 0 Å². The molecule has 8 heteroatoms. The highest BCUT2D eigenvalue weighted by Crippen LogP contribution is 2.26. The van der Waals surface area contributed by atoms with E-state index < -0.39 is 15.9 Å². The zero-order chi connectivity index (χ0) is 22.7. The van der Waals surface area contributed by atoms with Crippen molar-refractivity contribution in [2.75, 3.05) is 18.1 Å². The number of nitrogens with zero attached hydrogens (tertiary/aromatic N) is 1. The van der Waals surface area contributed by atoms with E-state index in [1.165, 1.54) is 17.0 Å². The Kier molecular flexibility index (Phi) is 6.32. The summed E-state index contributed by atoms with van der Waals surface area (Å²) in [5.74, 6) is 0.952. The van der Waals surface area contributed by atoms with E-state index in [-0.39, 0.29) is 36.4 Å². The maximum absolute atomic E-state index is 13.2. The number of rotatable bonds is 7. The molecule has 0 saturated carbocycles. The summed E-state index contributed by atoms with van der Waals surface area (Å²) in [7, 11) is -3.18. The third kappa shape index (κ3) is 5.37. The summed E-state index contributed by atoms with van der Waals surface area (Å²) in [6, 6.07) is 16.3. The van der Waals surface area contributed by atoms with Crippen LogP contribution in [-0.2, 0) is 21.2 Å². The van der Waals surface area contributed by atoms with E-state index in [4.69, 9.17) is 9.15 Å². The Morgan fingerprint density at radius 3 is 2.47 bits per heavy atom. The Hall–Kier alpha value is -3.13. The third-order valence-electron chi connectivity index (χ3n) is 5.47. The van der Waals surface area contributed by atoms with Gasteiger partial charge in [0.25, 0.3) is 5.91 Å². The lowest BCUT2D eigenvalue weighted by molar-refractivity contribution is -0.136. The lowest BCUT2D eigenvalue weighted by Gasteiger charge is -2.27. The van der Waals surface area contributed by atoms with Gasteiger partial charge in [-0.15, -0.1) is 0 Å². The third-order valence-corrected chi connectivity index (χ3v) is 7.22. The summed E-state index contributed by atoms with van der Waals surface area (Å²) in [6.45, 7) is 1.88. The number of benzene rings is 2. The van der Waals surface area contributed by atoms with Crippen molar-refractivity contribution in [2.45, 2.75) is 25.9 Å². The first-order chi connectivity index (χ1) is 15.3. The van der Waals surface area contributed by atoms with Gasteiger partial charge in [0.1, 0.15) is 23.1 Å². The zero-order valence-corrected chi connectivity index (χ0v) is 18.5. The van der Waals surface area contributed by atoms with Crippen molar-refractivity contribution in [3.05, 3.63) is 77.8 Å². The van der Waals surface area contributed by atoms with Gasteiger partial charge in [0.2, 0.25) is 0 Å². The van der Waals surface area contributed by atoms with Crippen molar-refractivity contribution < 1.29 is 26.8 Å². The maximum Gasteiger partial charge on any atom is 0.261 e. The molecule has 4 rings (SSSR count). The molecule has 1 amide bonds. The minimum absolute atomic E-state index is 0.0548. The van der Waals surface area contributed by atoms with Gasteiger partial charge in [-0.05, 0) is 61.9 Å². The van der Waals surface area contributed by atoms with Gasteiger partial charge >= 0.3 is 0 Å². The minimum atomic E-state index is -3.18. The quantitative estimate of drug-likeness (QED) is 0.536. The lowest BCUT2D eigenvalue weighted by atomic mass is 10.2. The molecule has 1 unspecified atom stereocenters. The molecule has 0 bridgehead atoms. The van der Waals surface area contributed by atoms with Crippen molar-refractivity contribution in [1.82, 2.24) is 4.90 Å². The topological polar surface area (TPSA) is 76.8 Å². The largest absolute Gasteiger partial charge is 0.484 e. The van der Waals surface area contributed by atoms with Crippen molar-refractivity contribution >= 4 is 15.7 Å². The first-order valence-electron chi connectivity index (χ1n) is 10.3. The number of aryl methyl sites for hydroxylation is 1. The molecule has 1 aromatic heterocycles. The monoisotopic (exact) mass is 457 g/mol. The molecule has 1 aliphatic heterocycles. The number of carbonyl (C=O) groups excluding carboxylic acids is 1. The number of ether oxygens (including phenoxy) is 1. The van der Waals surface area contributed by atoms with E-state index in [1.807, 2.05) is 19.1 Å². The van der Waals surface area contributed by atoms with Gasteiger partial charge < -0.3 is 14.1 Å². The fraction of sp³-hybridized carbons (Fsp3) is 0.292. The SMILES string of the molecule is Cc1ccc(OCC(=O)N(Cc2ccc(-c3ccc(F)cc3)o2)C2CCS(=O)(=O)C2)cc1. The number of halogens is 1. The van der Waals surface area contributed by atoms with Crippen LogP contribution in [0.4, 0.5) is 4.39 Å². The molecule has 0 radical (unpaired) electrons. The molecule has 0 spiro atoms. The van der Waals surface area contributed by atoms with Crippen LogP contribution in [-0.4, -0.2) is 43.4 Å². The molecule has 1 saturated heterocycles. The van der Waals surface area contributed by atoms with E-state index in [9.17, 15) is 17.6 Å². The van der Waals surface area contributed by atoms with E-state index >= 15 is 0 Å². The van der Waals surface area contributed by atoms with Crippen LogP contribution < -0.4 is 4.74 Å². The highest BCUT2D eigenvalue weighted by molar-refractivity contribution is 7.91. The highest BCUT2D eigenvalue weighted by atomic mass is 32.2. The van der Waals surface area contributed by atoms with E-state index in [1.54, 1.807) is 36.4 Å². The number of carbonyl (C=O) groups is 1. The molecule has 2 aromatic carbocycles. The van der Waals surface area contributed by atoms with Gasteiger partial charge in [0, 0.05) is 11.6 Å². The van der Waals surface area contributed by atoms with Crippen LogP contribution in [0.5, 0.6) is 5.75 Å². The molecule has 168 valence electrons. The molecule has 3 aromatic rings. The summed E-state index contributed by atoms with van der Waals surface area (Å²) in [6.07, 6.45) is 0.379. The summed E-state index contributed by atoms with van der Waals surface area (Å²) in [4.78, 5) is 14.5. The van der Waals surface area contributed by atoms with E-state index in [0.717, 1.165) is 5.56 Å². The first kappa shape index (κ1) is 22.1. The Balaban J connectivity index is 1.50. The predicted octanol–water partition coefficient (Wildman–Crippen LogP) is 3.99. The Morgan fingerprint density at radius 1 is 1.09 bits per heavy atom. The van der Waals surface area contributed by atoms with Crippen LogP contribution in [0.2, 0.25) is 0 Å². The number of hydrogen-bond donors (Lipinski definition) is 0. The minimum Gasteiger partial charge on any atom is -0.484 e. The molecule has 0 N–H and O–H groups in total. The normalized spacial score (nSPS) is 17.2. The first-order valence-corrected chi connectivity index (χ1v) is 12.2. The van der Waals surface area contributed by atoms with E-state index in [2.05, 4.69) is 0 Å². The van der Waals surface area contributed by atoms with Gasteiger partial charge in [-0.3, -0.25) is 4.79 Å². The smallest absolute Gasteiger partial charge is 0.261 e. The highest BCUT2D eigenvalue weighted by Gasteiger charge is 2.35. The molecule has 32 heavy (non-hydrogen) atoms. The van der Waals surface area contributed by atoms with Gasteiger partial charge in [0.15, 0.2) is 16.4 Å². The fourth-order valence-corrected chi connectivity index (χ4v) is 5.44. The van der Waals surface area contributed by atoms with Gasteiger partial charge in [0.05, 0.1) is 18.1 Å². The Morgan fingerprint density at radius 2 is 1.81 bits per heavy atom. The van der Waals surface area contributed by atoms with Gasteiger partial charge in [-0.2, -0.15) is 0 Å². The average molecular weight is 458 g/mol. The van der Waals surface area contributed by atoms with Crippen LogP contribution in [0.15, 0.2) is 65.1 Å². The standard InChI is InChI=1S/C24H24FNO5S/c1-17-2-8-21(9-3-17)30-15-24(27)26(20-12-13-32(28,29)16-20)14-22-10-11-23(31-22)18-4-6-19(25)7-5-18/h2-11,20H,12-16H2,1H3. The molecule has 1 aliphatic rings. The predicted molar refractivity (Wildman–Crippen MR) is 118 cm³/mol. The van der Waals surface area contributed by atoms with E-state index in [0.29, 0.717) is 29.3 Å². The summed E-state index contributed by atoms with van der Waals surface area (Å²) < 4.78 is 48.7. The van der Waals surface area contributed by atoms with Crippen LogP contribution in [0, 0.1) is 12.7 Å². The summed E-state index contributed by atoms with van der Waals surface area (Å²) in [5, 5.41) is 0. The second-order valence-corrected chi connectivity index (χ2v) is 10.2. The Bertz CT molecular complexity index is 1190. The van der Waals surface area contributed by atoms with Crippen LogP contribution in [0.25, 0.3) is 11.3 Å². The number of hydrogen-bond acceptors (Lipinski definition) is 5. The maximum atomic E-state index is 13.2. The molecule has 1 fully saturated rings. The molecule has 0 aliphatic carbocycles.